The molecule has 7 heteroatoms. The molecule has 0 aromatic heterocycles. The van der Waals surface area contributed by atoms with Gasteiger partial charge in [0.05, 0.1) is 29.9 Å². The Morgan fingerprint density at radius 2 is 2.04 bits per heavy atom. The molecule has 2 N–H and O–H groups in total. The first-order valence-corrected chi connectivity index (χ1v) is 10.1. The zero-order valence-corrected chi connectivity index (χ0v) is 16.9. The summed E-state index contributed by atoms with van der Waals surface area (Å²) in [6, 6.07) is 15.6. The Morgan fingerprint density at radius 3 is 2.82 bits per heavy atom. The molecule has 0 aliphatic carbocycles. The van der Waals surface area contributed by atoms with E-state index in [1.807, 2.05) is 31.2 Å². The predicted octanol–water partition coefficient (Wildman–Crippen LogP) is 5.60. The van der Waals surface area contributed by atoms with E-state index in [2.05, 4.69) is 27.8 Å². The number of hydrogen-bond donors (Lipinski definition) is 2. The Kier molecular flexibility index (Phi) is 5.15. The van der Waals surface area contributed by atoms with E-state index in [4.69, 9.17) is 16.3 Å². The van der Waals surface area contributed by atoms with Crippen LogP contribution in [0.5, 0.6) is 5.75 Å². The van der Waals surface area contributed by atoms with Crippen molar-refractivity contribution >= 4 is 62.3 Å². The molecular formula is C21H18ClN3O2S. The zero-order valence-electron chi connectivity index (χ0n) is 15.4. The molecule has 5 nitrogen and oxygen atoms in total. The Labute approximate surface area is 172 Å². The standard InChI is InChI=1S/C21H18ClN3O2S/c1-12-9-17(18(27-2)10-14(12)22)23-19(26)11-28-21-24-15-7-3-5-13-6-4-8-16(25-21)20(13)15/h3-10H,11H2,1-2H3,(H,23,26)(H,24,25). The van der Waals surface area contributed by atoms with Gasteiger partial charge in [0.25, 0.3) is 0 Å². The van der Waals surface area contributed by atoms with Crippen LogP contribution < -0.4 is 15.4 Å². The van der Waals surface area contributed by atoms with Crippen LogP contribution in [0.4, 0.5) is 17.1 Å². The molecule has 0 fully saturated rings. The Morgan fingerprint density at radius 1 is 1.25 bits per heavy atom. The summed E-state index contributed by atoms with van der Waals surface area (Å²) in [5.74, 6) is 0.601. The third-order valence-electron chi connectivity index (χ3n) is 4.44. The van der Waals surface area contributed by atoms with E-state index in [0.717, 1.165) is 27.7 Å². The summed E-state index contributed by atoms with van der Waals surface area (Å²) in [7, 11) is 1.55. The van der Waals surface area contributed by atoms with Crippen LogP contribution in [0.15, 0.2) is 53.5 Å². The van der Waals surface area contributed by atoms with E-state index in [9.17, 15) is 4.79 Å². The summed E-state index contributed by atoms with van der Waals surface area (Å²) < 4.78 is 5.31. The lowest BCUT2D eigenvalue weighted by Crippen LogP contribution is -2.19. The fourth-order valence-corrected chi connectivity index (χ4v) is 3.93. The van der Waals surface area contributed by atoms with Crippen LogP contribution in [0.1, 0.15) is 5.56 Å². The number of ether oxygens (including phenoxy) is 1. The van der Waals surface area contributed by atoms with Crippen LogP contribution in [-0.4, -0.2) is 23.9 Å². The number of thioether (sulfide) groups is 1. The Balaban J connectivity index is 1.47. The molecule has 0 saturated carbocycles. The van der Waals surface area contributed by atoms with Gasteiger partial charge in [0.2, 0.25) is 5.91 Å². The largest absolute Gasteiger partial charge is 0.495 e. The van der Waals surface area contributed by atoms with Gasteiger partial charge in [0, 0.05) is 16.5 Å². The third-order valence-corrected chi connectivity index (χ3v) is 5.72. The number of benzene rings is 3. The van der Waals surface area contributed by atoms with E-state index in [1.54, 1.807) is 19.2 Å². The van der Waals surface area contributed by atoms with Crippen molar-refractivity contribution in [1.82, 2.24) is 0 Å². The minimum atomic E-state index is -0.147. The summed E-state index contributed by atoms with van der Waals surface area (Å²) in [5, 5.41) is 9.72. The van der Waals surface area contributed by atoms with Crippen LogP contribution in [0.2, 0.25) is 5.02 Å². The van der Waals surface area contributed by atoms with Gasteiger partial charge in [0.1, 0.15) is 5.75 Å². The Bertz CT molecular complexity index is 1110. The van der Waals surface area contributed by atoms with Crippen molar-refractivity contribution in [3.05, 3.63) is 59.1 Å². The average Bonchev–Trinajstić information content (AvgIpc) is 2.69. The molecule has 0 radical (unpaired) electrons. The normalized spacial score (nSPS) is 12.3. The molecule has 0 atom stereocenters. The molecule has 1 heterocycles. The minimum absolute atomic E-state index is 0.147. The number of hydrogen-bond acceptors (Lipinski definition) is 5. The number of rotatable bonds is 4. The number of aliphatic imine (C=N–C) groups is 1. The number of aryl methyl sites for hydroxylation is 1. The highest BCUT2D eigenvalue weighted by Gasteiger charge is 2.16. The maximum absolute atomic E-state index is 12.5. The van der Waals surface area contributed by atoms with Gasteiger partial charge in [-0.25, -0.2) is 4.99 Å². The topological polar surface area (TPSA) is 62.7 Å². The quantitative estimate of drug-likeness (QED) is 0.587. The molecule has 1 aliphatic heterocycles. The van der Waals surface area contributed by atoms with Gasteiger partial charge >= 0.3 is 0 Å². The second-order valence-corrected chi connectivity index (χ2v) is 7.73. The van der Waals surface area contributed by atoms with Crippen molar-refractivity contribution in [2.75, 3.05) is 23.5 Å². The van der Waals surface area contributed by atoms with Gasteiger partial charge in [-0.1, -0.05) is 47.6 Å². The fraction of sp³-hybridized carbons (Fsp3) is 0.143. The summed E-state index contributed by atoms with van der Waals surface area (Å²) in [6.07, 6.45) is 0. The molecule has 142 valence electrons. The lowest BCUT2D eigenvalue weighted by molar-refractivity contribution is -0.113. The van der Waals surface area contributed by atoms with Crippen molar-refractivity contribution in [2.24, 2.45) is 4.99 Å². The minimum Gasteiger partial charge on any atom is -0.495 e. The first-order chi connectivity index (χ1) is 13.5. The molecule has 0 bridgehead atoms. The van der Waals surface area contributed by atoms with Crippen molar-refractivity contribution in [2.45, 2.75) is 6.92 Å². The maximum Gasteiger partial charge on any atom is 0.234 e. The number of anilines is 2. The number of nitrogens with zero attached hydrogens (tertiary/aromatic N) is 1. The molecular weight excluding hydrogens is 394 g/mol. The lowest BCUT2D eigenvalue weighted by Gasteiger charge is -2.18. The van der Waals surface area contributed by atoms with Crippen molar-refractivity contribution in [3.8, 4) is 5.75 Å². The molecule has 3 aromatic rings. The second kappa shape index (κ2) is 7.73. The first-order valence-electron chi connectivity index (χ1n) is 8.69. The smallest absolute Gasteiger partial charge is 0.234 e. The molecule has 0 unspecified atom stereocenters. The van der Waals surface area contributed by atoms with Crippen LogP contribution in [0.3, 0.4) is 0 Å². The predicted molar refractivity (Wildman–Crippen MR) is 118 cm³/mol. The highest BCUT2D eigenvalue weighted by Crippen LogP contribution is 2.37. The van der Waals surface area contributed by atoms with Crippen molar-refractivity contribution in [1.29, 1.82) is 0 Å². The summed E-state index contributed by atoms with van der Waals surface area (Å²) >= 11 is 7.47. The number of carbonyl (C=O) groups excluding carboxylic acids is 1. The summed E-state index contributed by atoms with van der Waals surface area (Å²) in [4.78, 5) is 17.1. The fourth-order valence-electron chi connectivity index (χ4n) is 3.09. The second-order valence-electron chi connectivity index (χ2n) is 6.36. The molecule has 1 amide bonds. The zero-order chi connectivity index (χ0) is 19.7. The van der Waals surface area contributed by atoms with Gasteiger partial charge in [-0.3, -0.25) is 4.79 Å². The number of carbonyl (C=O) groups is 1. The molecule has 0 spiro atoms. The number of amidine groups is 1. The van der Waals surface area contributed by atoms with Crippen LogP contribution in [-0.2, 0) is 4.79 Å². The number of nitrogens with one attached hydrogen (secondary N) is 2. The first kappa shape index (κ1) is 18.7. The van der Waals surface area contributed by atoms with E-state index in [1.165, 1.54) is 11.8 Å². The summed E-state index contributed by atoms with van der Waals surface area (Å²) in [5.41, 5.74) is 3.38. The number of amides is 1. The lowest BCUT2D eigenvalue weighted by atomic mass is 10.1. The van der Waals surface area contributed by atoms with E-state index < -0.39 is 0 Å². The monoisotopic (exact) mass is 411 g/mol. The SMILES string of the molecule is COc1cc(Cl)c(C)cc1NC(=O)CSC1=Nc2cccc3cccc(c23)N1. The van der Waals surface area contributed by atoms with Gasteiger partial charge in [-0.2, -0.15) is 0 Å². The van der Waals surface area contributed by atoms with Crippen molar-refractivity contribution < 1.29 is 9.53 Å². The molecule has 0 saturated heterocycles. The van der Waals surface area contributed by atoms with E-state index >= 15 is 0 Å². The van der Waals surface area contributed by atoms with Crippen LogP contribution in [0.25, 0.3) is 10.8 Å². The molecule has 1 aliphatic rings. The van der Waals surface area contributed by atoms with Crippen LogP contribution >= 0.6 is 23.4 Å². The van der Waals surface area contributed by atoms with Gasteiger partial charge in [0.15, 0.2) is 5.17 Å². The molecule has 4 rings (SSSR count). The van der Waals surface area contributed by atoms with Gasteiger partial charge in [-0.05, 0) is 36.1 Å². The van der Waals surface area contributed by atoms with Gasteiger partial charge in [-0.15, -0.1) is 0 Å². The van der Waals surface area contributed by atoms with Crippen LogP contribution in [0, 0.1) is 6.92 Å². The highest BCUT2D eigenvalue weighted by molar-refractivity contribution is 8.14. The number of halogens is 1. The average molecular weight is 412 g/mol. The number of methoxy groups -OCH3 is 1. The van der Waals surface area contributed by atoms with E-state index in [-0.39, 0.29) is 11.7 Å². The third kappa shape index (κ3) is 3.66. The van der Waals surface area contributed by atoms with Gasteiger partial charge < -0.3 is 15.4 Å². The summed E-state index contributed by atoms with van der Waals surface area (Å²) in [6.45, 7) is 1.88. The van der Waals surface area contributed by atoms with E-state index in [0.29, 0.717) is 21.6 Å². The maximum atomic E-state index is 12.5. The highest BCUT2D eigenvalue weighted by atomic mass is 35.5. The Hall–Kier alpha value is -2.70. The van der Waals surface area contributed by atoms with Crippen molar-refractivity contribution in [3.63, 3.8) is 0 Å². The molecule has 3 aromatic carbocycles. The molecule has 28 heavy (non-hydrogen) atoms.